The van der Waals surface area contributed by atoms with E-state index >= 15 is 0 Å². The van der Waals surface area contributed by atoms with Gasteiger partial charge in [-0.15, -0.1) is 0 Å². The lowest BCUT2D eigenvalue weighted by atomic mass is 9.47. The highest BCUT2D eigenvalue weighted by Gasteiger charge is 2.53. The zero-order valence-corrected chi connectivity index (χ0v) is 40.5. The van der Waals surface area contributed by atoms with E-state index in [0.717, 1.165) is 107 Å². The van der Waals surface area contributed by atoms with Gasteiger partial charge in [0.2, 0.25) is 0 Å². The Labute approximate surface area is 418 Å². The number of hydrogen-bond acceptors (Lipinski definition) is 5. The van der Waals surface area contributed by atoms with Crippen molar-refractivity contribution in [2.24, 2.45) is 35.5 Å². The molecule has 8 aliphatic rings. The maximum absolute atomic E-state index is 7.08. The fourth-order valence-corrected chi connectivity index (χ4v) is 17.5. The van der Waals surface area contributed by atoms with Crippen LogP contribution in [0, 0.1) is 35.5 Å². The second-order valence-electron chi connectivity index (χ2n) is 23.9. The van der Waals surface area contributed by atoms with Crippen LogP contribution >= 0.6 is 0 Å². The number of fused-ring (bicyclic) bond motifs is 8. The number of para-hydroxylation sites is 2. The summed E-state index contributed by atoms with van der Waals surface area (Å²) < 4.78 is 13.8. The van der Waals surface area contributed by atoms with E-state index < -0.39 is 0 Å². The maximum Gasteiger partial charge on any atom is 0.168 e. The van der Waals surface area contributed by atoms with Crippen LogP contribution in [0.2, 0.25) is 0 Å². The molecule has 350 valence electrons. The Morgan fingerprint density at radius 1 is 0.361 bits per heavy atom. The Morgan fingerprint density at radius 3 is 1.64 bits per heavy atom. The van der Waals surface area contributed by atoms with E-state index in [0.29, 0.717) is 22.9 Å². The van der Waals surface area contributed by atoms with Crippen LogP contribution in [-0.2, 0) is 10.8 Å². The number of furan rings is 2. The molecule has 8 fully saturated rings. The lowest BCUT2D eigenvalue weighted by Crippen LogP contribution is -2.48. The van der Waals surface area contributed by atoms with Gasteiger partial charge in [0.05, 0.1) is 11.1 Å². The molecular weight excluding hydrogens is 879 g/mol. The fraction of sp³-hybridized carbons (Fsp3) is 0.299. The molecule has 11 aromatic rings. The Balaban J connectivity index is 0.855. The van der Waals surface area contributed by atoms with Gasteiger partial charge in [0.1, 0.15) is 22.3 Å². The third-order valence-corrected chi connectivity index (χ3v) is 19.6. The third kappa shape index (κ3) is 5.91. The summed E-state index contributed by atoms with van der Waals surface area (Å²) in [5, 5.41) is 8.94. The van der Waals surface area contributed by atoms with Gasteiger partial charge in [0, 0.05) is 27.1 Å². The molecule has 5 heteroatoms. The molecular formula is C67H55N3O2. The topological polar surface area (TPSA) is 65.0 Å². The van der Waals surface area contributed by atoms with Gasteiger partial charge in [-0.25, -0.2) is 15.0 Å². The summed E-state index contributed by atoms with van der Waals surface area (Å²) in [5.74, 6) is 7.15. The van der Waals surface area contributed by atoms with Crippen molar-refractivity contribution in [3.05, 3.63) is 163 Å². The molecule has 3 heterocycles. The molecule has 0 atom stereocenters. The van der Waals surface area contributed by atoms with E-state index in [4.69, 9.17) is 23.8 Å². The Morgan fingerprint density at radius 2 is 0.917 bits per heavy atom. The van der Waals surface area contributed by atoms with E-state index in [9.17, 15) is 0 Å². The van der Waals surface area contributed by atoms with Gasteiger partial charge in [-0.05, 0) is 198 Å². The molecule has 0 aliphatic heterocycles. The minimum atomic E-state index is 0.243. The van der Waals surface area contributed by atoms with E-state index in [2.05, 4.69) is 140 Å². The van der Waals surface area contributed by atoms with Crippen LogP contribution < -0.4 is 0 Å². The van der Waals surface area contributed by atoms with Gasteiger partial charge >= 0.3 is 0 Å². The third-order valence-electron chi connectivity index (χ3n) is 19.6. The number of hydrogen-bond donors (Lipinski definition) is 0. The van der Waals surface area contributed by atoms with Crippen molar-refractivity contribution in [3.8, 4) is 45.3 Å². The molecule has 0 amide bonds. The minimum absolute atomic E-state index is 0.243. The highest BCUT2D eigenvalue weighted by Crippen LogP contribution is 2.63. The average Bonchev–Trinajstić information content (AvgIpc) is 3.97. The summed E-state index contributed by atoms with van der Waals surface area (Å²) in [6.45, 7) is 0. The van der Waals surface area contributed by atoms with Crippen molar-refractivity contribution >= 4 is 65.4 Å². The van der Waals surface area contributed by atoms with E-state index in [1.54, 1.807) is 5.56 Å². The smallest absolute Gasteiger partial charge is 0.168 e. The molecule has 0 saturated heterocycles. The zero-order chi connectivity index (χ0) is 46.9. The molecule has 8 bridgehead atoms. The first-order chi connectivity index (χ1) is 35.5. The van der Waals surface area contributed by atoms with Crippen molar-refractivity contribution in [2.45, 2.75) is 87.9 Å². The lowest BCUT2D eigenvalue weighted by Gasteiger charge is -2.57. The maximum atomic E-state index is 7.08. The van der Waals surface area contributed by atoms with Gasteiger partial charge < -0.3 is 8.83 Å². The second kappa shape index (κ2) is 14.7. The first-order valence-corrected chi connectivity index (χ1v) is 27.2. The van der Waals surface area contributed by atoms with Crippen molar-refractivity contribution in [1.82, 2.24) is 15.0 Å². The molecule has 8 aromatic carbocycles. The first-order valence-electron chi connectivity index (χ1n) is 27.2. The summed E-state index contributed by atoms with van der Waals surface area (Å²) in [6, 6.07) is 55.8. The summed E-state index contributed by atoms with van der Waals surface area (Å²) >= 11 is 0. The van der Waals surface area contributed by atoms with Gasteiger partial charge in [0.25, 0.3) is 0 Å². The van der Waals surface area contributed by atoms with Crippen LogP contribution in [0.25, 0.3) is 111 Å². The van der Waals surface area contributed by atoms with Crippen LogP contribution in [-0.4, -0.2) is 15.0 Å². The largest absolute Gasteiger partial charge is 0.455 e. The SMILES string of the molecule is c1ccc2c(-c3nc(-c4ccc(C56CC7CC(CC(C7)C5)C6)c5ccccc45)nc(-c4cccc5c4oc4ccccc45)n3)c3oc4ccc(-c5ccc(C67CC8CC(CC(C8)C6)C7)cc5)cc4c3cc2c1. The number of rotatable bonds is 6. The zero-order valence-electron chi connectivity index (χ0n) is 40.5. The van der Waals surface area contributed by atoms with Crippen molar-refractivity contribution in [1.29, 1.82) is 0 Å². The van der Waals surface area contributed by atoms with Crippen molar-refractivity contribution in [2.75, 3.05) is 0 Å². The second-order valence-corrected chi connectivity index (χ2v) is 23.9. The standard InChI is InChI=1S/C67H55N3O2/c1-2-9-48-46(8-1)31-56-55-30-45(44-16-19-47(20-17-44)66-32-38-24-39(33-66)26-40(25-38)34-66)18-23-59(55)72-62(56)60(48)65-69-63(68-64(70-65)54-14-7-13-52-51-12-5-6-15-58(51)71-61(52)54)53-21-22-57(50-11-4-3-10-49(50)53)67-35-41-27-42(36-67)29-43(28-41)37-67/h1-23,30-31,38-43H,24-29,32-37H2. The molecule has 0 N–H and O–H groups in total. The molecule has 3 aromatic heterocycles. The molecule has 8 saturated carbocycles. The van der Waals surface area contributed by atoms with Gasteiger partial charge in [0.15, 0.2) is 17.5 Å². The van der Waals surface area contributed by atoms with Crippen LogP contribution in [0.5, 0.6) is 0 Å². The van der Waals surface area contributed by atoms with Crippen molar-refractivity contribution < 1.29 is 8.83 Å². The summed E-state index contributed by atoms with van der Waals surface area (Å²) in [5.41, 5.74) is 12.1. The van der Waals surface area contributed by atoms with E-state index in [1.807, 2.05) is 12.1 Å². The normalized spacial score (nSPS) is 27.2. The van der Waals surface area contributed by atoms with Gasteiger partial charge in [-0.1, -0.05) is 121 Å². The quantitative estimate of drug-likeness (QED) is 0.166. The highest BCUT2D eigenvalue weighted by atomic mass is 16.3. The Bertz CT molecular complexity index is 4010. The molecule has 5 nitrogen and oxygen atoms in total. The first kappa shape index (κ1) is 40.5. The van der Waals surface area contributed by atoms with Crippen LogP contribution in [0.3, 0.4) is 0 Å². The van der Waals surface area contributed by atoms with E-state index in [-0.39, 0.29) is 5.41 Å². The molecule has 8 aliphatic carbocycles. The molecule has 0 spiro atoms. The van der Waals surface area contributed by atoms with Crippen LogP contribution in [0.4, 0.5) is 0 Å². The van der Waals surface area contributed by atoms with Gasteiger partial charge in [-0.2, -0.15) is 0 Å². The summed E-state index contributed by atoms with van der Waals surface area (Å²) in [6.07, 6.45) is 16.8. The average molecular weight is 934 g/mol. The fourth-order valence-electron chi connectivity index (χ4n) is 17.5. The van der Waals surface area contributed by atoms with Gasteiger partial charge in [-0.3, -0.25) is 0 Å². The van der Waals surface area contributed by atoms with Crippen LogP contribution in [0.15, 0.2) is 160 Å². The highest BCUT2D eigenvalue weighted by molar-refractivity contribution is 6.18. The lowest BCUT2D eigenvalue weighted by molar-refractivity contribution is -0.00520. The molecule has 0 radical (unpaired) electrons. The van der Waals surface area contributed by atoms with E-state index in [1.165, 1.54) is 105 Å². The Hall–Kier alpha value is -7.11. The Kier molecular flexibility index (Phi) is 8.29. The minimum Gasteiger partial charge on any atom is -0.455 e. The monoisotopic (exact) mass is 933 g/mol. The van der Waals surface area contributed by atoms with Crippen molar-refractivity contribution in [3.63, 3.8) is 0 Å². The predicted molar refractivity (Wildman–Crippen MR) is 291 cm³/mol. The molecule has 19 rings (SSSR count). The summed E-state index contributed by atoms with van der Waals surface area (Å²) in [7, 11) is 0. The number of aromatic nitrogens is 3. The molecule has 72 heavy (non-hydrogen) atoms. The predicted octanol–water partition coefficient (Wildman–Crippen LogP) is 17.6. The van der Waals surface area contributed by atoms with Crippen LogP contribution in [0.1, 0.15) is 88.2 Å². The molecule has 0 unspecified atom stereocenters. The summed E-state index contributed by atoms with van der Waals surface area (Å²) in [4.78, 5) is 16.6. The number of nitrogens with zero attached hydrogens (tertiary/aromatic N) is 3. The number of benzene rings is 8.